The van der Waals surface area contributed by atoms with Crippen LogP contribution in [-0.2, 0) is 0 Å². The molecule has 2 aromatic rings. The van der Waals surface area contributed by atoms with Crippen molar-refractivity contribution < 1.29 is 4.39 Å². The van der Waals surface area contributed by atoms with Crippen molar-refractivity contribution in [2.24, 2.45) is 0 Å². The highest BCUT2D eigenvalue weighted by Crippen LogP contribution is 2.20. The maximum Gasteiger partial charge on any atom is 0.207 e. The monoisotopic (exact) mass is 233 g/mol. The fourth-order valence-electron chi connectivity index (χ4n) is 1.77. The van der Waals surface area contributed by atoms with E-state index < -0.39 is 0 Å². The molecule has 0 spiro atoms. The van der Waals surface area contributed by atoms with Crippen molar-refractivity contribution in [3.05, 3.63) is 41.5 Å². The Hall–Kier alpha value is -1.84. The summed E-state index contributed by atoms with van der Waals surface area (Å²) in [6.45, 7) is 6.58. The molecule has 1 aromatic heterocycles. The molecule has 90 valence electrons. The topological polar surface area (TPSA) is 29.9 Å². The molecule has 0 radical (unpaired) electrons. The minimum atomic E-state index is -0.243. The second-order valence-electron chi connectivity index (χ2n) is 4.06. The van der Waals surface area contributed by atoms with Gasteiger partial charge in [-0.2, -0.15) is 0 Å². The zero-order valence-electron chi connectivity index (χ0n) is 10.3. The van der Waals surface area contributed by atoms with Gasteiger partial charge in [0.15, 0.2) is 0 Å². The van der Waals surface area contributed by atoms with Gasteiger partial charge >= 0.3 is 0 Å². The van der Waals surface area contributed by atoms with Gasteiger partial charge in [0.2, 0.25) is 5.95 Å². The van der Waals surface area contributed by atoms with Crippen molar-refractivity contribution >= 4 is 5.95 Å². The molecule has 0 aliphatic heterocycles. The Morgan fingerprint density at radius 2 is 2.12 bits per heavy atom. The number of nitrogens with one attached hydrogen (secondary N) is 1. The van der Waals surface area contributed by atoms with Crippen LogP contribution in [0.1, 0.15) is 18.2 Å². The summed E-state index contributed by atoms with van der Waals surface area (Å²) >= 11 is 0. The van der Waals surface area contributed by atoms with Crippen LogP contribution in [-0.4, -0.2) is 16.1 Å². The average Bonchev–Trinajstić information content (AvgIpc) is 2.64. The quantitative estimate of drug-likeness (QED) is 0.883. The van der Waals surface area contributed by atoms with Gasteiger partial charge in [0, 0.05) is 12.7 Å². The van der Waals surface area contributed by atoms with Gasteiger partial charge in [-0.05, 0) is 38.5 Å². The smallest absolute Gasteiger partial charge is 0.207 e. The summed E-state index contributed by atoms with van der Waals surface area (Å²) in [5, 5.41) is 3.13. The number of hydrogen-bond acceptors (Lipinski definition) is 2. The maximum atomic E-state index is 13.8. The van der Waals surface area contributed by atoms with E-state index in [0.717, 1.165) is 17.8 Å². The summed E-state index contributed by atoms with van der Waals surface area (Å²) in [6, 6.07) is 5.06. The zero-order valence-corrected chi connectivity index (χ0v) is 10.3. The van der Waals surface area contributed by atoms with Crippen LogP contribution in [0.3, 0.4) is 0 Å². The van der Waals surface area contributed by atoms with Crippen molar-refractivity contribution in [2.45, 2.75) is 20.8 Å². The lowest BCUT2D eigenvalue weighted by atomic mass is 10.2. The third-order valence-electron chi connectivity index (χ3n) is 2.52. The van der Waals surface area contributed by atoms with E-state index in [0.29, 0.717) is 11.6 Å². The van der Waals surface area contributed by atoms with Gasteiger partial charge in [-0.25, -0.2) is 9.37 Å². The Balaban J connectivity index is 2.55. The van der Waals surface area contributed by atoms with E-state index in [9.17, 15) is 4.39 Å². The minimum absolute atomic E-state index is 0.243. The average molecular weight is 233 g/mol. The molecule has 17 heavy (non-hydrogen) atoms. The normalized spacial score (nSPS) is 10.6. The first-order valence-corrected chi connectivity index (χ1v) is 5.68. The number of imidazole rings is 1. The van der Waals surface area contributed by atoms with Gasteiger partial charge in [-0.3, -0.25) is 4.57 Å². The fraction of sp³-hybridized carbons (Fsp3) is 0.308. The number of anilines is 1. The number of nitrogens with zero attached hydrogens (tertiary/aromatic N) is 2. The number of aromatic nitrogens is 2. The van der Waals surface area contributed by atoms with Crippen LogP contribution in [0.5, 0.6) is 0 Å². The van der Waals surface area contributed by atoms with E-state index in [1.807, 2.05) is 33.0 Å². The molecule has 1 aromatic carbocycles. The third kappa shape index (κ3) is 2.30. The maximum absolute atomic E-state index is 13.8. The van der Waals surface area contributed by atoms with E-state index in [2.05, 4.69) is 10.3 Å². The van der Waals surface area contributed by atoms with E-state index in [1.54, 1.807) is 10.6 Å². The van der Waals surface area contributed by atoms with E-state index in [4.69, 9.17) is 0 Å². The Labute approximate surface area is 100 Å². The van der Waals surface area contributed by atoms with Crippen molar-refractivity contribution in [3.63, 3.8) is 0 Å². The van der Waals surface area contributed by atoms with Crippen molar-refractivity contribution in [2.75, 3.05) is 11.9 Å². The number of hydrogen-bond donors (Lipinski definition) is 1. The molecule has 0 bridgehead atoms. The molecule has 1 N–H and O–H groups in total. The lowest BCUT2D eigenvalue weighted by Gasteiger charge is -2.10. The second kappa shape index (κ2) is 4.57. The number of benzene rings is 1. The summed E-state index contributed by atoms with van der Waals surface area (Å²) in [6.07, 6.45) is 1.83. The second-order valence-corrected chi connectivity index (χ2v) is 4.06. The van der Waals surface area contributed by atoms with Crippen LogP contribution in [0.25, 0.3) is 5.69 Å². The van der Waals surface area contributed by atoms with Gasteiger partial charge in [-0.1, -0.05) is 6.07 Å². The third-order valence-corrected chi connectivity index (χ3v) is 2.52. The molecule has 0 saturated carbocycles. The highest BCUT2D eigenvalue weighted by Gasteiger charge is 2.10. The van der Waals surface area contributed by atoms with Crippen LogP contribution < -0.4 is 5.32 Å². The summed E-state index contributed by atoms with van der Waals surface area (Å²) in [5.74, 6) is 0.432. The van der Waals surface area contributed by atoms with Crippen molar-refractivity contribution in [3.8, 4) is 5.69 Å². The predicted molar refractivity (Wildman–Crippen MR) is 67.2 cm³/mol. The van der Waals surface area contributed by atoms with Gasteiger partial charge in [0.25, 0.3) is 0 Å². The molecule has 0 fully saturated rings. The Bertz CT molecular complexity index is 531. The molecule has 0 saturated heterocycles. The number of rotatable bonds is 3. The molecular formula is C13H16FN3. The van der Waals surface area contributed by atoms with Gasteiger partial charge < -0.3 is 5.32 Å². The first kappa shape index (κ1) is 11.6. The van der Waals surface area contributed by atoms with E-state index >= 15 is 0 Å². The Morgan fingerprint density at radius 1 is 1.35 bits per heavy atom. The minimum Gasteiger partial charge on any atom is -0.356 e. The largest absolute Gasteiger partial charge is 0.356 e. The van der Waals surface area contributed by atoms with Crippen LogP contribution >= 0.6 is 0 Å². The fourth-order valence-corrected chi connectivity index (χ4v) is 1.77. The van der Waals surface area contributed by atoms with Crippen molar-refractivity contribution in [1.82, 2.24) is 9.55 Å². The van der Waals surface area contributed by atoms with Gasteiger partial charge in [-0.15, -0.1) is 0 Å². The summed E-state index contributed by atoms with van der Waals surface area (Å²) in [7, 11) is 0. The molecule has 0 unspecified atom stereocenters. The number of halogens is 1. The van der Waals surface area contributed by atoms with Crippen molar-refractivity contribution in [1.29, 1.82) is 0 Å². The summed E-state index contributed by atoms with van der Waals surface area (Å²) in [5.41, 5.74) is 2.42. The summed E-state index contributed by atoms with van der Waals surface area (Å²) < 4.78 is 15.6. The van der Waals surface area contributed by atoms with Crippen LogP contribution in [0.2, 0.25) is 0 Å². The molecule has 0 aliphatic carbocycles. The predicted octanol–water partition coefficient (Wildman–Crippen LogP) is 3.06. The molecule has 2 rings (SSSR count). The van der Waals surface area contributed by atoms with Crippen LogP contribution in [0.4, 0.5) is 10.3 Å². The van der Waals surface area contributed by atoms with Gasteiger partial charge in [0.1, 0.15) is 5.82 Å². The molecule has 0 atom stereocenters. The molecule has 1 heterocycles. The number of aryl methyl sites for hydroxylation is 2. The molecule has 4 heteroatoms. The highest BCUT2D eigenvalue weighted by atomic mass is 19.1. The van der Waals surface area contributed by atoms with Crippen LogP contribution in [0, 0.1) is 19.7 Å². The lowest BCUT2D eigenvalue weighted by Crippen LogP contribution is -2.06. The first-order valence-electron chi connectivity index (χ1n) is 5.68. The highest BCUT2D eigenvalue weighted by molar-refractivity contribution is 5.45. The lowest BCUT2D eigenvalue weighted by molar-refractivity contribution is 0.618. The molecule has 0 aliphatic rings. The Kier molecular flexibility index (Phi) is 3.13. The Morgan fingerprint density at radius 3 is 2.82 bits per heavy atom. The van der Waals surface area contributed by atoms with Crippen LogP contribution in [0.15, 0.2) is 24.4 Å². The zero-order chi connectivity index (χ0) is 12.4. The summed E-state index contributed by atoms with van der Waals surface area (Å²) in [4.78, 5) is 4.33. The molecule has 3 nitrogen and oxygen atoms in total. The van der Waals surface area contributed by atoms with E-state index in [1.165, 1.54) is 6.07 Å². The molecular weight excluding hydrogens is 217 g/mol. The standard InChI is InChI=1S/C13H16FN3/c1-4-15-13-16-10(3)8-17(13)12-7-9(2)5-6-11(12)14/h5-8H,4H2,1-3H3,(H,15,16). The first-order chi connectivity index (χ1) is 8.11. The van der Waals surface area contributed by atoms with Gasteiger partial charge in [0.05, 0.1) is 11.4 Å². The van der Waals surface area contributed by atoms with E-state index in [-0.39, 0.29) is 5.82 Å². The molecule has 0 amide bonds. The SMILES string of the molecule is CCNc1nc(C)cn1-c1cc(C)ccc1F.